The molecule has 0 unspecified atom stereocenters. The Kier molecular flexibility index (Phi) is 3.90. The maximum atomic E-state index is 4.64. The first-order valence-corrected chi connectivity index (χ1v) is 8.28. The highest BCUT2D eigenvalue weighted by molar-refractivity contribution is 5.59. The number of anilines is 2. The third-order valence-corrected chi connectivity index (χ3v) is 4.01. The molecule has 5 heteroatoms. The third-order valence-electron chi connectivity index (χ3n) is 4.01. The highest BCUT2D eigenvalue weighted by atomic mass is 15.4. The number of aromatic nitrogens is 4. The molecule has 25 heavy (non-hydrogen) atoms. The van der Waals surface area contributed by atoms with Crippen molar-refractivity contribution < 1.29 is 0 Å². The zero-order valence-electron chi connectivity index (χ0n) is 14.3. The fourth-order valence-electron chi connectivity index (χ4n) is 2.76. The molecule has 4 rings (SSSR count). The van der Waals surface area contributed by atoms with Crippen molar-refractivity contribution in [3.8, 4) is 0 Å². The van der Waals surface area contributed by atoms with Crippen molar-refractivity contribution in [2.24, 2.45) is 0 Å². The molecule has 0 saturated carbocycles. The molecule has 5 nitrogen and oxygen atoms in total. The van der Waals surface area contributed by atoms with Gasteiger partial charge in [0.25, 0.3) is 5.78 Å². The summed E-state index contributed by atoms with van der Waals surface area (Å²) in [5, 5.41) is 8.06. The Hall–Kier alpha value is -3.21. The summed E-state index contributed by atoms with van der Waals surface area (Å²) >= 11 is 0. The van der Waals surface area contributed by atoms with E-state index in [1.807, 2.05) is 31.2 Å². The number of benzene rings is 2. The minimum Gasteiger partial charge on any atom is -0.340 e. The first-order valence-electron chi connectivity index (χ1n) is 8.28. The van der Waals surface area contributed by atoms with Gasteiger partial charge in [0.15, 0.2) is 5.82 Å². The van der Waals surface area contributed by atoms with Crippen molar-refractivity contribution >= 4 is 17.3 Å². The molecule has 0 aliphatic carbocycles. The Morgan fingerprint density at radius 2 is 1.68 bits per heavy atom. The van der Waals surface area contributed by atoms with Crippen LogP contribution in [0.2, 0.25) is 0 Å². The van der Waals surface area contributed by atoms with Gasteiger partial charge in [-0.3, -0.25) is 0 Å². The number of nitrogens with one attached hydrogen (secondary N) is 1. The quantitative estimate of drug-likeness (QED) is 0.613. The second-order valence-corrected chi connectivity index (χ2v) is 6.18. The Morgan fingerprint density at radius 1 is 0.920 bits per heavy atom. The molecule has 0 aliphatic heterocycles. The maximum Gasteiger partial charge on any atom is 0.254 e. The van der Waals surface area contributed by atoms with Crippen molar-refractivity contribution in [1.82, 2.24) is 19.6 Å². The average Bonchev–Trinajstić information content (AvgIpc) is 3.00. The molecule has 2 heterocycles. The number of aryl methyl sites for hydroxylation is 2. The van der Waals surface area contributed by atoms with Crippen LogP contribution in [0.4, 0.5) is 11.5 Å². The van der Waals surface area contributed by atoms with Gasteiger partial charge in [-0.2, -0.15) is 9.50 Å². The Bertz CT molecular complexity index is 1000. The van der Waals surface area contributed by atoms with Gasteiger partial charge in [0.2, 0.25) is 0 Å². The van der Waals surface area contributed by atoms with Gasteiger partial charge >= 0.3 is 0 Å². The van der Waals surface area contributed by atoms with Crippen LogP contribution in [0.5, 0.6) is 0 Å². The number of hydrogen-bond acceptors (Lipinski definition) is 4. The number of nitrogens with zero attached hydrogens (tertiary/aromatic N) is 4. The molecule has 0 atom stereocenters. The summed E-state index contributed by atoms with van der Waals surface area (Å²) < 4.78 is 1.77. The SMILES string of the molecule is Cc1ccc(Nc2cc(C)nc3nc(Cc4ccccc4)nn23)cc1. The second-order valence-electron chi connectivity index (χ2n) is 6.18. The van der Waals surface area contributed by atoms with Crippen LogP contribution in [0.3, 0.4) is 0 Å². The molecule has 2 aromatic carbocycles. The minimum atomic E-state index is 0.612. The minimum absolute atomic E-state index is 0.612. The average molecular weight is 329 g/mol. The van der Waals surface area contributed by atoms with Gasteiger partial charge in [-0.25, -0.2) is 4.98 Å². The fraction of sp³-hybridized carbons (Fsp3) is 0.150. The molecule has 0 fully saturated rings. The van der Waals surface area contributed by atoms with E-state index in [0.29, 0.717) is 12.2 Å². The van der Waals surface area contributed by atoms with Gasteiger partial charge in [0.05, 0.1) is 0 Å². The first kappa shape index (κ1) is 15.3. The van der Waals surface area contributed by atoms with Gasteiger partial charge in [0, 0.05) is 23.9 Å². The second kappa shape index (κ2) is 6.36. The molecular weight excluding hydrogens is 310 g/mol. The lowest BCUT2D eigenvalue weighted by molar-refractivity contribution is 0.894. The predicted molar refractivity (Wildman–Crippen MR) is 99.2 cm³/mol. The van der Waals surface area contributed by atoms with E-state index in [4.69, 9.17) is 0 Å². The Balaban J connectivity index is 1.70. The van der Waals surface area contributed by atoms with Crippen molar-refractivity contribution in [2.75, 3.05) is 5.32 Å². The standard InChI is InChI=1S/C20H19N5/c1-14-8-10-17(11-9-14)22-19-12-15(2)21-20-23-18(24-25(19)20)13-16-6-4-3-5-7-16/h3-12,22H,13H2,1-2H3. The monoisotopic (exact) mass is 329 g/mol. The molecule has 1 N–H and O–H groups in total. The summed E-state index contributed by atoms with van der Waals surface area (Å²) in [4.78, 5) is 9.09. The molecule has 0 amide bonds. The zero-order valence-corrected chi connectivity index (χ0v) is 14.3. The normalized spacial score (nSPS) is 11.0. The van der Waals surface area contributed by atoms with Crippen molar-refractivity contribution in [3.05, 3.63) is 83.3 Å². The van der Waals surface area contributed by atoms with Gasteiger partial charge in [-0.1, -0.05) is 48.0 Å². The van der Waals surface area contributed by atoms with E-state index in [1.165, 1.54) is 11.1 Å². The van der Waals surface area contributed by atoms with Crippen LogP contribution in [0, 0.1) is 13.8 Å². The number of rotatable bonds is 4. The molecular formula is C20H19N5. The van der Waals surface area contributed by atoms with Gasteiger partial charge < -0.3 is 5.32 Å². The van der Waals surface area contributed by atoms with Gasteiger partial charge in [-0.05, 0) is 31.5 Å². The summed E-state index contributed by atoms with van der Waals surface area (Å²) in [6.07, 6.45) is 0.688. The van der Waals surface area contributed by atoms with E-state index in [1.54, 1.807) is 4.52 Å². The summed E-state index contributed by atoms with van der Waals surface area (Å²) in [6, 6.07) is 20.5. The molecule has 124 valence electrons. The molecule has 0 bridgehead atoms. The van der Waals surface area contributed by atoms with Crippen molar-refractivity contribution in [1.29, 1.82) is 0 Å². The van der Waals surface area contributed by atoms with Gasteiger partial charge in [-0.15, -0.1) is 5.10 Å². The Labute approximate surface area is 146 Å². The van der Waals surface area contributed by atoms with E-state index in [0.717, 1.165) is 23.0 Å². The van der Waals surface area contributed by atoms with Gasteiger partial charge in [0.1, 0.15) is 5.82 Å². The number of hydrogen-bond donors (Lipinski definition) is 1. The lowest BCUT2D eigenvalue weighted by Gasteiger charge is -2.08. The van der Waals surface area contributed by atoms with Crippen molar-refractivity contribution in [3.63, 3.8) is 0 Å². The summed E-state index contributed by atoms with van der Waals surface area (Å²) in [6.45, 7) is 4.04. The molecule has 0 spiro atoms. The highest BCUT2D eigenvalue weighted by Crippen LogP contribution is 2.19. The number of fused-ring (bicyclic) bond motifs is 1. The largest absolute Gasteiger partial charge is 0.340 e. The maximum absolute atomic E-state index is 4.64. The van der Waals surface area contributed by atoms with Crippen LogP contribution in [-0.2, 0) is 6.42 Å². The zero-order chi connectivity index (χ0) is 17.2. The van der Waals surface area contributed by atoms with E-state index >= 15 is 0 Å². The molecule has 4 aromatic rings. The molecule has 2 aromatic heterocycles. The topological polar surface area (TPSA) is 55.1 Å². The van der Waals surface area contributed by atoms with E-state index in [2.05, 4.69) is 63.7 Å². The van der Waals surface area contributed by atoms with E-state index in [9.17, 15) is 0 Å². The van der Waals surface area contributed by atoms with E-state index < -0.39 is 0 Å². The highest BCUT2D eigenvalue weighted by Gasteiger charge is 2.11. The van der Waals surface area contributed by atoms with Crippen LogP contribution in [0.1, 0.15) is 22.6 Å². The smallest absolute Gasteiger partial charge is 0.254 e. The fourth-order valence-corrected chi connectivity index (χ4v) is 2.76. The lowest BCUT2D eigenvalue weighted by Crippen LogP contribution is -2.02. The summed E-state index contributed by atoms with van der Waals surface area (Å²) in [5.74, 6) is 2.23. The lowest BCUT2D eigenvalue weighted by atomic mass is 10.1. The molecule has 0 aliphatic rings. The summed E-state index contributed by atoms with van der Waals surface area (Å²) in [7, 11) is 0. The molecule has 0 radical (unpaired) electrons. The van der Waals surface area contributed by atoms with Crippen LogP contribution in [-0.4, -0.2) is 19.6 Å². The predicted octanol–water partition coefficient (Wildman–Crippen LogP) is 4.08. The summed E-state index contributed by atoms with van der Waals surface area (Å²) in [5.41, 5.74) is 4.33. The van der Waals surface area contributed by atoms with Crippen molar-refractivity contribution in [2.45, 2.75) is 20.3 Å². The van der Waals surface area contributed by atoms with Crippen LogP contribution >= 0.6 is 0 Å². The first-order chi connectivity index (χ1) is 12.2. The molecule has 0 saturated heterocycles. The Morgan fingerprint density at radius 3 is 2.44 bits per heavy atom. The van der Waals surface area contributed by atoms with Crippen LogP contribution in [0.15, 0.2) is 60.7 Å². The van der Waals surface area contributed by atoms with E-state index in [-0.39, 0.29) is 0 Å². The third kappa shape index (κ3) is 3.35. The van der Waals surface area contributed by atoms with Crippen LogP contribution in [0.25, 0.3) is 5.78 Å². The van der Waals surface area contributed by atoms with Crippen LogP contribution < -0.4 is 5.32 Å².